The minimum Gasteiger partial charge on any atom is -0.317 e. The number of hydrogen-bond donors (Lipinski definition) is 2. The summed E-state index contributed by atoms with van der Waals surface area (Å²) in [7, 11) is 1.74. The number of amides is 2. The van der Waals surface area contributed by atoms with E-state index >= 15 is 0 Å². The highest BCUT2D eigenvalue weighted by Crippen LogP contribution is 2.32. The van der Waals surface area contributed by atoms with Gasteiger partial charge in [0.2, 0.25) is 11.8 Å². The third-order valence-electron chi connectivity index (χ3n) is 7.67. The number of aryl methyl sites for hydroxylation is 1. The Hall–Kier alpha value is -2.45. The van der Waals surface area contributed by atoms with Gasteiger partial charge in [-0.15, -0.1) is 0 Å². The molecule has 0 bridgehead atoms. The lowest BCUT2D eigenvalue weighted by Gasteiger charge is -2.35. The van der Waals surface area contributed by atoms with Crippen LogP contribution in [0, 0.1) is 5.92 Å². The van der Waals surface area contributed by atoms with Crippen LogP contribution in [0.4, 0.5) is 0 Å². The highest BCUT2D eigenvalue weighted by molar-refractivity contribution is 6.00. The first-order valence-electron chi connectivity index (χ1n) is 12.0. The number of aromatic nitrogens is 2. The number of nitrogens with one attached hydrogen (secondary N) is 2. The fourth-order valence-corrected chi connectivity index (χ4v) is 5.75. The minimum absolute atomic E-state index is 0.205. The summed E-state index contributed by atoms with van der Waals surface area (Å²) >= 11 is 0. The standard InChI is InChI=1S/C24H33N5O3/c1-27-19-3-2-18(17-8-12-28(13-9-17)15-16-6-10-25-11-7-16)14-21(19)29(24(27)32)20-4-5-22(30)26-23(20)31/h2-3,14,16-17,20,25H,4-13,15H2,1H3,(H,26,30,31). The fraction of sp³-hybridized carbons (Fsp3) is 0.625. The van der Waals surface area contributed by atoms with Crippen molar-refractivity contribution in [3.63, 3.8) is 0 Å². The van der Waals surface area contributed by atoms with Gasteiger partial charge in [-0.25, -0.2) is 4.79 Å². The van der Waals surface area contributed by atoms with Crippen LogP contribution in [0.1, 0.15) is 56.0 Å². The third kappa shape index (κ3) is 4.01. The molecule has 2 N–H and O–H groups in total. The Morgan fingerprint density at radius 2 is 1.72 bits per heavy atom. The first kappa shape index (κ1) is 21.4. The SMILES string of the molecule is Cn1c(=O)n(C2CCC(=O)NC2=O)c2cc(C3CCN(CC4CCNCC4)CC3)ccc21. The van der Waals surface area contributed by atoms with Gasteiger partial charge in [-0.2, -0.15) is 0 Å². The second kappa shape index (κ2) is 8.83. The van der Waals surface area contributed by atoms with E-state index in [2.05, 4.69) is 27.7 Å². The Bertz CT molecular complexity index is 1070. The number of carbonyl (C=O) groups is 2. The second-order valence-electron chi connectivity index (χ2n) is 9.69. The van der Waals surface area contributed by atoms with Crippen molar-refractivity contribution in [3.8, 4) is 0 Å². The van der Waals surface area contributed by atoms with Crippen LogP contribution < -0.4 is 16.3 Å². The van der Waals surface area contributed by atoms with Crippen LogP contribution >= 0.6 is 0 Å². The molecule has 0 radical (unpaired) electrons. The Morgan fingerprint density at radius 3 is 2.44 bits per heavy atom. The summed E-state index contributed by atoms with van der Waals surface area (Å²) < 4.78 is 3.19. The molecule has 5 rings (SSSR count). The van der Waals surface area contributed by atoms with Gasteiger partial charge in [-0.3, -0.25) is 24.0 Å². The summed E-state index contributed by atoms with van der Waals surface area (Å²) in [5.41, 5.74) is 2.66. The molecule has 1 aromatic heterocycles. The molecule has 3 aliphatic heterocycles. The zero-order valence-electron chi connectivity index (χ0n) is 18.8. The van der Waals surface area contributed by atoms with Gasteiger partial charge >= 0.3 is 5.69 Å². The van der Waals surface area contributed by atoms with Crippen LogP contribution in [-0.4, -0.2) is 58.6 Å². The number of carbonyl (C=O) groups excluding carboxylic acids is 2. The molecule has 2 aromatic rings. The van der Waals surface area contributed by atoms with Crippen LogP contribution in [0.15, 0.2) is 23.0 Å². The monoisotopic (exact) mass is 439 g/mol. The maximum Gasteiger partial charge on any atom is 0.329 e. The highest BCUT2D eigenvalue weighted by atomic mass is 16.2. The number of benzene rings is 1. The average Bonchev–Trinajstić information content (AvgIpc) is 3.05. The van der Waals surface area contributed by atoms with Gasteiger partial charge in [-0.1, -0.05) is 6.07 Å². The van der Waals surface area contributed by atoms with E-state index in [4.69, 9.17) is 0 Å². The van der Waals surface area contributed by atoms with Gasteiger partial charge in [-0.05, 0) is 87.8 Å². The van der Waals surface area contributed by atoms with Crippen molar-refractivity contribution in [1.82, 2.24) is 24.7 Å². The molecule has 3 saturated heterocycles. The molecule has 172 valence electrons. The zero-order valence-corrected chi connectivity index (χ0v) is 18.8. The van der Waals surface area contributed by atoms with Crippen molar-refractivity contribution in [2.24, 2.45) is 13.0 Å². The first-order chi connectivity index (χ1) is 15.5. The molecule has 32 heavy (non-hydrogen) atoms. The van der Waals surface area contributed by atoms with Crippen LogP contribution in [-0.2, 0) is 16.6 Å². The Morgan fingerprint density at radius 1 is 0.969 bits per heavy atom. The maximum absolute atomic E-state index is 13.0. The number of likely N-dealkylation sites (tertiary alicyclic amines) is 1. The summed E-state index contributed by atoms with van der Waals surface area (Å²) in [6.45, 7) is 5.73. The topological polar surface area (TPSA) is 88.4 Å². The van der Waals surface area contributed by atoms with Crippen LogP contribution in [0.2, 0.25) is 0 Å². The first-order valence-corrected chi connectivity index (χ1v) is 12.0. The molecule has 3 aliphatic rings. The molecule has 0 saturated carbocycles. The van der Waals surface area contributed by atoms with Crippen molar-refractivity contribution in [2.75, 3.05) is 32.7 Å². The molecule has 8 nitrogen and oxygen atoms in total. The summed E-state index contributed by atoms with van der Waals surface area (Å²) in [6.07, 6.45) is 5.42. The van der Waals surface area contributed by atoms with Gasteiger partial charge in [0.1, 0.15) is 6.04 Å². The predicted octanol–water partition coefficient (Wildman–Crippen LogP) is 1.50. The molecule has 2 amide bonds. The Kier molecular flexibility index (Phi) is 5.90. The van der Waals surface area contributed by atoms with Crippen molar-refractivity contribution in [3.05, 3.63) is 34.2 Å². The van der Waals surface area contributed by atoms with E-state index in [1.165, 1.54) is 24.9 Å². The number of rotatable bonds is 4. The normalized spacial score (nSPS) is 24.2. The van der Waals surface area contributed by atoms with Gasteiger partial charge < -0.3 is 10.2 Å². The smallest absolute Gasteiger partial charge is 0.317 e. The molecule has 1 unspecified atom stereocenters. The molecule has 0 spiro atoms. The van der Waals surface area contributed by atoms with Crippen molar-refractivity contribution >= 4 is 22.8 Å². The number of imidazole rings is 1. The second-order valence-corrected chi connectivity index (χ2v) is 9.69. The molecule has 0 aliphatic carbocycles. The number of nitrogens with zero attached hydrogens (tertiary/aromatic N) is 3. The quantitative estimate of drug-likeness (QED) is 0.705. The molecule has 1 aromatic carbocycles. The number of fused-ring (bicyclic) bond motifs is 1. The summed E-state index contributed by atoms with van der Waals surface area (Å²) in [5.74, 6) is 0.634. The van der Waals surface area contributed by atoms with Crippen LogP contribution in [0.5, 0.6) is 0 Å². The lowest BCUT2D eigenvalue weighted by molar-refractivity contribution is -0.135. The molecular weight excluding hydrogens is 406 g/mol. The Labute approximate surface area is 187 Å². The van der Waals surface area contributed by atoms with E-state index < -0.39 is 6.04 Å². The van der Waals surface area contributed by atoms with E-state index in [0.29, 0.717) is 12.3 Å². The van der Waals surface area contributed by atoms with Crippen LogP contribution in [0.3, 0.4) is 0 Å². The molecular formula is C24H33N5O3. The summed E-state index contributed by atoms with van der Waals surface area (Å²) in [6, 6.07) is 5.62. The van der Waals surface area contributed by atoms with Crippen molar-refractivity contribution in [1.29, 1.82) is 0 Å². The molecule has 8 heteroatoms. The highest BCUT2D eigenvalue weighted by Gasteiger charge is 2.32. The van der Waals surface area contributed by atoms with Gasteiger partial charge in [0.05, 0.1) is 11.0 Å². The van der Waals surface area contributed by atoms with Gasteiger partial charge in [0.15, 0.2) is 0 Å². The van der Waals surface area contributed by atoms with Gasteiger partial charge in [0.25, 0.3) is 0 Å². The Balaban J connectivity index is 1.35. The number of imide groups is 1. The van der Waals surface area contributed by atoms with Crippen molar-refractivity contribution < 1.29 is 9.59 Å². The third-order valence-corrected chi connectivity index (χ3v) is 7.67. The molecule has 1 atom stereocenters. The van der Waals surface area contributed by atoms with Gasteiger partial charge in [0, 0.05) is 20.0 Å². The van der Waals surface area contributed by atoms with E-state index in [9.17, 15) is 14.4 Å². The van der Waals surface area contributed by atoms with E-state index in [1.807, 2.05) is 6.07 Å². The largest absolute Gasteiger partial charge is 0.329 e. The minimum atomic E-state index is -0.633. The number of hydrogen-bond acceptors (Lipinski definition) is 5. The van der Waals surface area contributed by atoms with Crippen LogP contribution in [0.25, 0.3) is 11.0 Å². The maximum atomic E-state index is 13.0. The molecule has 4 heterocycles. The van der Waals surface area contributed by atoms with E-state index in [0.717, 1.165) is 56.0 Å². The lowest BCUT2D eigenvalue weighted by atomic mass is 9.88. The number of piperidine rings is 3. The predicted molar refractivity (Wildman–Crippen MR) is 123 cm³/mol. The van der Waals surface area contributed by atoms with E-state index in [1.54, 1.807) is 16.2 Å². The lowest BCUT2D eigenvalue weighted by Crippen LogP contribution is -2.44. The van der Waals surface area contributed by atoms with Crippen molar-refractivity contribution in [2.45, 2.75) is 50.5 Å². The fourth-order valence-electron chi connectivity index (χ4n) is 5.75. The van der Waals surface area contributed by atoms with E-state index in [-0.39, 0.29) is 23.9 Å². The molecule has 3 fully saturated rings. The zero-order chi connectivity index (χ0) is 22.2. The summed E-state index contributed by atoms with van der Waals surface area (Å²) in [5, 5.41) is 5.84. The summed E-state index contributed by atoms with van der Waals surface area (Å²) in [4.78, 5) is 39.7. The average molecular weight is 440 g/mol.